The average Bonchev–Trinajstić information content (AvgIpc) is 2.71. The van der Waals surface area contributed by atoms with Gasteiger partial charge in [0.05, 0.1) is 5.69 Å². The maximum absolute atomic E-state index is 13.9. The van der Waals surface area contributed by atoms with Crippen molar-refractivity contribution in [1.29, 1.82) is 0 Å². The normalized spacial score (nSPS) is 11.1. The lowest BCUT2D eigenvalue weighted by Crippen LogP contribution is -2.02. The Morgan fingerprint density at radius 2 is 2.20 bits per heavy atom. The summed E-state index contributed by atoms with van der Waals surface area (Å²) in [5, 5.41) is 9.87. The van der Waals surface area contributed by atoms with Gasteiger partial charge in [0.2, 0.25) is 0 Å². The Kier molecular flexibility index (Phi) is 4.40. The third-order valence-corrected chi connectivity index (χ3v) is 4.01. The number of nitrogens with zero attached hydrogens (tertiary/aromatic N) is 1. The van der Waals surface area contributed by atoms with Crippen LogP contribution in [0.15, 0.2) is 18.2 Å². The first-order valence-electron chi connectivity index (χ1n) is 6.07. The first kappa shape index (κ1) is 14.9. The van der Waals surface area contributed by atoms with Gasteiger partial charge in [0.1, 0.15) is 15.7 Å². The minimum Gasteiger partial charge on any atom is -0.477 e. The van der Waals surface area contributed by atoms with Crippen LogP contribution in [0.2, 0.25) is 5.02 Å². The Hall–Kier alpha value is -1.46. The predicted octanol–water partition coefficient (Wildman–Crippen LogP) is 4.50. The maximum atomic E-state index is 13.9. The average molecular weight is 314 g/mol. The lowest BCUT2D eigenvalue weighted by atomic mass is 10.1. The summed E-state index contributed by atoms with van der Waals surface area (Å²) in [7, 11) is 0. The molecule has 0 aliphatic carbocycles. The number of aromatic nitrogens is 1. The molecular weight excluding hydrogens is 301 g/mol. The fraction of sp³-hybridized carbons (Fsp3) is 0.286. The zero-order valence-corrected chi connectivity index (χ0v) is 12.6. The van der Waals surface area contributed by atoms with Crippen LogP contribution in [0.25, 0.3) is 10.6 Å². The molecule has 0 saturated heterocycles. The van der Waals surface area contributed by atoms with Crippen LogP contribution in [0.4, 0.5) is 4.39 Å². The van der Waals surface area contributed by atoms with E-state index in [1.54, 1.807) is 6.07 Å². The fourth-order valence-electron chi connectivity index (χ4n) is 1.82. The van der Waals surface area contributed by atoms with E-state index in [9.17, 15) is 14.3 Å². The Labute approximate surface area is 125 Å². The third-order valence-electron chi connectivity index (χ3n) is 2.65. The molecule has 0 radical (unpaired) electrons. The summed E-state index contributed by atoms with van der Waals surface area (Å²) in [6.45, 7) is 3.96. The van der Waals surface area contributed by atoms with Crippen molar-refractivity contribution in [1.82, 2.24) is 4.98 Å². The highest BCUT2D eigenvalue weighted by molar-refractivity contribution is 7.17. The van der Waals surface area contributed by atoms with Crippen LogP contribution in [-0.2, 0) is 6.42 Å². The Morgan fingerprint density at radius 3 is 2.75 bits per heavy atom. The van der Waals surface area contributed by atoms with Gasteiger partial charge in [-0.15, -0.1) is 11.3 Å². The highest BCUT2D eigenvalue weighted by Gasteiger charge is 2.20. The van der Waals surface area contributed by atoms with E-state index >= 15 is 0 Å². The summed E-state index contributed by atoms with van der Waals surface area (Å²) in [6.07, 6.45) is 0.549. The van der Waals surface area contributed by atoms with Gasteiger partial charge in [0.25, 0.3) is 0 Å². The second-order valence-electron chi connectivity index (χ2n) is 4.82. The quantitative estimate of drug-likeness (QED) is 0.904. The number of hydrogen-bond donors (Lipinski definition) is 1. The molecule has 0 spiro atoms. The number of carboxylic acid groups (broad SMARTS) is 1. The van der Waals surface area contributed by atoms with Gasteiger partial charge in [-0.25, -0.2) is 14.2 Å². The Balaban J connectivity index is 2.49. The van der Waals surface area contributed by atoms with E-state index in [1.807, 2.05) is 13.8 Å². The van der Waals surface area contributed by atoms with Crippen LogP contribution in [0.5, 0.6) is 0 Å². The molecule has 0 aliphatic rings. The third kappa shape index (κ3) is 3.16. The van der Waals surface area contributed by atoms with Gasteiger partial charge in [-0.3, -0.25) is 0 Å². The van der Waals surface area contributed by atoms with Crippen molar-refractivity contribution in [3.8, 4) is 10.6 Å². The SMILES string of the molecule is CC(C)Cc1nc(-c2ccc(Cl)cc2F)sc1C(=O)O. The number of rotatable bonds is 4. The van der Waals surface area contributed by atoms with Crippen molar-refractivity contribution in [3.63, 3.8) is 0 Å². The number of halogens is 2. The Bertz CT molecular complexity index is 655. The molecule has 6 heteroatoms. The van der Waals surface area contributed by atoms with Crippen LogP contribution in [0.1, 0.15) is 29.2 Å². The molecule has 2 aromatic rings. The van der Waals surface area contributed by atoms with Crippen molar-refractivity contribution in [2.75, 3.05) is 0 Å². The molecule has 1 aromatic heterocycles. The predicted molar refractivity (Wildman–Crippen MR) is 78.0 cm³/mol. The number of benzene rings is 1. The minimum absolute atomic E-state index is 0.169. The topological polar surface area (TPSA) is 50.2 Å². The standard InChI is InChI=1S/C14H13ClFNO2S/c1-7(2)5-11-12(14(18)19)20-13(17-11)9-4-3-8(15)6-10(9)16/h3-4,6-7H,5H2,1-2H3,(H,18,19). The molecule has 3 nitrogen and oxygen atoms in total. The molecule has 0 saturated carbocycles. The molecule has 1 N–H and O–H groups in total. The van der Waals surface area contributed by atoms with Gasteiger partial charge in [0.15, 0.2) is 0 Å². The van der Waals surface area contributed by atoms with E-state index in [0.717, 1.165) is 11.3 Å². The molecule has 1 aromatic carbocycles. The van der Waals surface area contributed by atoms with Crippen LogP contribution in [-0.4, -0.2) is 16.1 Å². The van der Waals surface area contributed by atoms with Gasteiger partial charge in [-0.2, -0.15) is 0 Å². The van der Waals surface area contributed by atoms with Crippen LogP contribution >= 0.6 is 22.9 Å². The summed E-state index contributed by atoms with van der Waals surface area (Å²) < 4.78 is 13.9. The van der Waals surface area contributed by atoms with E-state index < -0.39 is 11.8 Å². The van der Waals surface area contributed by atoms with Crippen molar-refractivity contribution < 1.29 is 14.3 Å². The van der Waals surface area contributed by atoms with Crippen molar-refractivity contribution in [3.05, 3.63) is 39.6 Å². The Morgan fingerprint density at radius 1 is 1.50 bits per heavy atom. The molecule has 1 heterocycles. The number of carboxylic acids is 1. The van der Waals surface area contributed by atoms with Gasteiger partial charge in [0, 0.05) is 10.6 Å². The summed E-state index contributed by atoms with van der Waals surface area (Å²) >= 11 is 6.70. The molecule has 20 heavy (non-hydrogen) atoms. The van der Waals surface area contributed by atoms with E-state index in [0.29, 0.717) is 22.1 Å². The van der Waals surface area contributed by atoms with E-state index in [-0.39, 0.29) is 16.4 Å². The molecule has 0 unspecified atom stereocenters. The molecular formula is C14H13ClFNO2S. The van der Waals surface area contributed by atoms with E-state index in [4.69, 9.17) is 11.6 Å². The van der Waals surface area contributed by atoms with Gasteiger partial charge in [-0.1, -0.05) is 25.4 Å². The number of carbonyl (C=O) groups is 1. The van der Waals surface area contributed by atoms with Crippen molar-refractivity contribution in [2.24, 2.45) is 5.92 Å². The molecule has 0 bridgehead atoms. The van der Waals surface area contributed by atoms with Crippen molar-refractivity contribution >= 4 is 28.9 Å². The van der Waals surface area contributed by atoms with Crippen LogP contribution in [0, 0.1) is 11.7 Å². The van der Waals surface area contributed by atoms with Gasteiger partial charge < -0.3 is 5.11 Å². The fourth-order valence-corrected chi connectivity index (χ4v) is 2.94. The highest BCUT2D eigenvalue weighted by Crippen LogP contribution is 2.32. The summed E-state index contributed by atoms with van der Waals surface area (Å²) in [4.78, 5) is 15.7. The van der Waals surface area contributed by atoms with Crippen LogP contribution < -0.4 is 0 Å². The monoisotopic (exact) mass is 313 g/mol. The highest BCUT2D eigenvalue weighted by atomic mass is 35.5. The van der Waals surface area contributed by atoms with E-state index in [2.05, 4.69) is 4.98 Å². The lowest BCUT2D eigenvalue weighted by Gasteiger charge is -2.01. The summed E-state index contributed by atoms with van der Waals surface area (Å²) in [6, 6.07) is 4.27. The first-order chi connectivity index (χ1) is 9.38. The largest absolute Gasteiger partial charge is 0.477 e. The minimum atomic E-state index is -1.03. The first-order valence-corrected chi connectivity index (χ1v) is 7.26. The smallest absolute Gasteiger partial charge is 0.347 e. The number of aromatic carboxylic acids is 1. The van der Waals surface area contributed by atoms with Crippen LogP contribution in [0.3, 0.4) is 0 Å². The van der Waals surface area contributed by atoms with Gasteiger partial charge in [-0.05, 0) is 30.5 Å². The number of thiazole rings is 1. The van der Waals surface area contributed by atoms with Crippen molar-refractivity contribution in [2.45, 2.75) is 20.3 Å². The second-order valence-corrected chi connectivity index (χ2v) is 6.26. The molecule has 0 atom stereocenters. The maximum Gasteiger partial charge on any atom is 0.347 e. The summed E-state index contributed by atoms with van der Waals surface area (Å²) in [5.74, 6) is -1.25. The molecule has 106 valence electrons. The van der Waals surface area contributed by atoms with Gasteiger partial charge >= 0.3 is 5.97 Å². The lowest BCUT2D eigenvalue weighted by molar-refractivity contribution is 0.0700. The zero-order valence-electron chi connectivity index (χ0n) is 11.0. The molecule has 2 rings (SSSR count). The number of hydrogen-bond acceptors (Lipinski definition) is 3. The zero-order chi connectivity index (χ0) is 14.9. The molecule has 0 aliphatic heterocycles. The molecule has 0 fully saturated rings. The second kappa shape index (κ2) is 5.89. The van der Waals surface area contributed by atoms with E-state index in [1.165, 1.54) is 12.1 Å². The molecule has 0 amide bonds. The summed E-state index contributed by atoms with van der Waals surface area (Å²) in [5.41, 5.74) is 0.777.